The lowest BCUT2D eigenvalue weighted by atomic mass is 9.95. The van der Waals surface area contributed by atoms with Crippen LogP contribution in [-0.4, -0.2) is 39.6 Å². The van der Waals surface area contributed by atoms with E-state index in [2.05, 4.69) is 4.98 Å². The molecular weight excluding hydrogens is 223 g/mol. The van der Waals surface area contributed by atoms with E-state index in [1.807, 2.05) is 0 Å². The highest BCUT2D eigenvalue weighted by molar-refractivity contribution is 5.94. The van der Waals surface area contributed by atoms with E-state index in [1.165, 1.54) is 12.3 Å². The molecule has 1 fully saturated rings. The fraction of sp³-hybridized carbons (Fsp3) is 0.500. The number of rotatable bonds is 1. The zero-order valence-corrected chi connectivity index (χ0v) is 9.69. The molecule has 1 aromatic rings. The van der Waals surface area contributed by atoms with E-state index in [0.29, 0.717) is 13.0 Å². The highest BCUT2D eigenvalue weighted by Gasteiger charge is 2.31. The molecule has 92 valence electrons. The number of nitrogens with zero attached hydrogens (tertiary/aromatic N) is 2. The molecule has 0 saturated carbocycles. The maximum Gasteiger partial charge on any atom is 0.254 e. The summed E-state index contributed by atoms with van der Waals surface area (Å²) in [6.45, 7) is 2.59. The van der Waals surface area contributed by atoms with Gasteiger partial charge in [0.05, 0.1) is 5.60 Å². The Labute approximate surface area is 99.1 Å². The van der Waals surface area contributed by atoms with Crippen molar-refractivity contribution in [2.24, 2.45) is 0 Å². The molecular formula is C12H15FN2O2. The number of pyridine rings is 1. The maximum absolute atomic E-state index is 12.9. The monoisotopic (exact) mass is 238 g/mol. The lowest BCUT2D eigenvalue weighted by Crippen LogP contribution is -2.48. The average Bonchev–Trinajstić information content (AvgIpc) is 2.26. The van der Waals surface area contributed by atoms with Crippen LogP contribution in [0.5, 0.6) is 0 Å². The summed E-state index contributed by atoms with van der Waals surface area (Å²) in [5, 5.41) is 9.91. The highest BCUT2D eigenvalue weighted by Crippen LogP contribution is 2.21. The lowest BCUT2D eigenvalue weighted by molar-refractivity contribution is -0.0107. The van der Waals surface area contributed by atoms with Crippen LogP contribution in [0.3, 0.4) is 0 Å². The first kappa shape index (κ1) is 12.0. The number of hydrogen-bond donors (Lipinski definition) is 1. The van der Waals surface area contributed by atoms with Crippen LogP contribution in [0.1, 0.15) is 30.1 Å². The Morgan fingerprint density at radius 1 is 1.65 bits per heavy atom. The van der Waals surface area contributed by atoms with Crippen LogP contribution in [0, 0.1) is 5.95 Å². The number of piperidine rings is 1. The van der Waals surface area contributed by atoms with Crippen LogP contribution < -0.4 is 0 Å². The molecule has 1 aliphatic heterocycles. The number of amides is 1. The largest absolute Gasteiger partial charge is 0.388 e. The maximum atomic E-state index is 12.9. The van der Waals surface area contributed by atoms with Gasteiger partial charge in [0.25, 0.3) is 5.91 Å². The lowest BCUT2D eigenvalue weighted by Gasteiger charge is -2.36. The van der Waals surface area contributed by atoms with Gasteiger partial charge in [0, 0.05) is 30.9 Å². The van der Waals surface area contributed by atoms with Gasteiger partial charge < -0.3 is 10.0 Å². The number of aromatic nitrogens is 1. The van der Waals surface area contributed by atoms with Gasteiger partial charge in [0.15, 0.2) is 0 Å². The zero-order valence-electron chi connectivity index (χ0n) is 9.69. The first-order chi connectivity index (χ1) is 7.98. The van der Waals surface area contributed by atoms with Gasteiger partial charge in [-0.1, -0.05) is 0 Å². The predicted molar refractivity (Wildman–Crippen MR) is 60.0 cm³/mol. The van der Waals surface area contributed by atoms with Crippen molar-refractivity contribution in [1.82, 2.24) is 9.88 Å². The second-order valence-corrected chi connectivity index (χ2v) is 4.69. The van der Waals surface area contributed by atoms with Crippen molar-refractivity contribution < 1.29 is 14.3 Å². The molecule has 1 atom stereocenters. The smallest absolute Gasteiger partial charge is 0.254 e. The van der Waals surface area contributed by atoms with Gasteiger partial charge in [-0.05, 0) is 25.8 Å². The van der Waals surface area contributed by atoms with Crippen molar-refractivity contribution in [2.45, 2.75) is 25.4 Å². The third kappa shape index (κ3) is 2.79. The zero-order chi connectivity index (χ0) is 12.5. The molecule has 0 spiro atoms. The van der Waals surface area contributed by atoms with Gasteiger partial charge in [-0.25, -0.2) is 4.98 Å². The number of carbonyl (C=O) groups is 1. The van der Waals surface area contributed by atoms with E-state index < -0.39 is 11.5 Å². The molecule has 4 nitrogen and oxygen atoms in total. The number of carbonyl (C=O) groups excluding carboxylic acids is 1. The third-order valence-electron chi connectivity index (χ3n) is 2.94. The van der Waals surface area contributed by atoms with Gasteiger partial charge in [0.2, 0.25) is 5.95 Å². The van der Waals surface area contributed by atoms with Gasteiger partial charge in [-0.15, -0.1) is 0 Å². The summed E-state index contributed by atoms with van der Waals surface area (Å²) in [5.41, 5.74) is -0.574. The van der Waals surface area contributed by atoms with Crippen molar-refractivity contribution >= 4 is 5.91 Å². The first-order valence-electron chi connectivity index (χ1n) is 5.61. The summed E-state index contributed by atoms with van der Waals surface area (Å²) in [6.07, 6.45) is 2.71. The summed E-state index contributed by atoms with van der Waals surface area (Å²) in [6, 6.07) is 2.60. The van der Waals surface area contributed by atoms with Crippen molar-refractivity contribution in [1.29, 1.82) is 0 Å². The number of likely N-dealkylation sites (tertiary alicyclic amines) is 1. The Morgan fingerprint density at radius 2 is 2.41 bits per heavy atom. The predicted octanol–water partition coefficient (Wildman–Crippen LogP) is 1.21. The molecule has 1 amide bonds. The minimum Gasteiger partial charge on any atom is -0.388 e. The minimum atomic E-state index is -0.848. The quantitative estimate of drug-likeness (QED) is 0.748. The van der Waals surface area contributed by atoms with Crippen LogP contribution in [0.2, 0.25) is 0 Å². The summed E-state index contributed by atoms with van der Waals surface area (Å²) in [7, 11) is 0. The number of aliphatic hydroxyl groups is 1. The van der Waals surface area contributed by atoms with Crippen LogP contribution in [-0.2, 0) is 0 Å². The van der Waals surface area contributed by atoms with Crippen LogP contribution in [0.4, 0.5) is 4.39 Å². The molecule has 2 heterocycles. The van der Waals surface area contributed by atoms with E-state index in [-0.39, 0.29) is 18.0 Å². The molecule has 1 unspecified atom stereocenters. The van der Waals surface area contributed by atoms with Gasteiger partial charge >= 0.3 is 0 Å². The molecule has 0 aliphatic carbocycles. The van der Waals surface area contributed by atoms with Crippen LogP contribution >= 0.6 is 0 Å². The van der Waals surface area contributed by atoms with Crippen molar-refractivity contribution in [3.63, 3.8) is 0 Å². The molecule has 0 aromatic carbocycles. The Bertz CT molecular complexity index is 434. The fourth-order valence-corrected chi connectivity index (χ4v) is 2.11. The normalized spacial score (nSPS) is 24.8. The number of β-amino-alcohol motifs (C(OH)–C–C–N with tert-alkyl or cyclic N) is 1. The topological polar surface area (TPSA) is 53.4 Å². The second kappa shape index (κ2) is 4.41. The van der Waals surface area contributed by atoms with E-state index in [0.717, 1.165) is 12.5 Å². The van der Waals surface area contributed by atoms with Crippen molar-refractivity contribution in [2.75, 3.05) is 13.1 Å². The molecule has 0 bridgehead atoms. The Kier molecular flexibility index (Phi) is 3.11. The van der Waals surface area contributed by atoms with Crippen LogP contribution in [0.15, 0.2) is 18.3 Å². The summed E-state index contributed by atoms with van der Waals surface area (Å²) >= 11 is 0. The number of halogens is 1. The molecule has 0 radical (unpaired) electrons. The SMILES string of the molecule is CC1(O)CCCN(C(=O)c2ccnc(F)c2)C1. The van der Waals surface area contributed by atoms with Crippen molar-refractivity contribution in [3.8, 4) is 0 Å². The molecule has 2 rings (SSSR count). The first-order valence-corrected chi connectivity index (χ1v) is 5.61. The van der Waals surface area contributed by atoms with E-state index in [9.17, 15) is 14.3 Å². The molecule has 1 aromatic heterocycles. The molecule has 17 heavy (non-hydrogen) atoms. The summed E-state index contributed by atoms with van der Waals surface area (Å²) in [4.78, 5) is 17.0. The Balaban J connectivity index is 2.15. The standard InChI is InChI=1S/C12H15FN2O2/c1-12(17)4-2-6-15(8-12)11(16)9-3-5-14-10(13)7-9/h3,5,7,17H,2,4,6,8H2,1H3. The number of hydrogen-bond acceptors (Lipinski definition) is 3. The average molecular weight is 238 g/mol. The Morgan fingerprint density at radius 3 is 3.06 bits per heavy atom. The second-order valence-electron chi connectivity index (χ2n) is 4.69. The summed E-state index contributed by atoms with van der Waals surface area (Å²) < 4.78 is 12.9. The third-order valence-corrected chi connectivity index (χ3v) is 2.94. The highest BCUT2D eigenvalue weighted by atomic mass is 19.1. The van der Waals surface area contributed by atoms with Crippen molar-refractivity contribution in [3.05, 3.63) is 29.8 Å². The van der Waals surface area contributed by atoms with E-state index in [1.54, 1.807) is 11.8 Å². The molecule has 5 heteroatoms. The minimum absolute atomic E-state index is 0.258. The molecule has 1 aliphatic rings. The van der Waals surface area contributed by atoms with Crippen LogP contribution in [0.25, 0.3) is 0 Å². The summed E-state index contributed by atoms with van der Waals surface area (Å²) in [5.74, 6) is -0.925. The molecule has 1 N–H and O–H groups in total. The molecule has 1 saturated heterocycles. The van der Waals surface area contributed by atoms with E-state index in [4.69, 9.17) is 0 Å². The fourth-order valence-electron chi connectivity index (χ4n) is 2.11. The Hall–Kier alpha value is -1.49. The van der Waals surface area contributed by atoms with Gasteiger partial charge in [-0.3, -0.25) is 4.79 Å². The van der Waals surface area contributed by atoms with Gasteiger partial charge in [-0.2, -0.15) is 4.39 Å². The van der Waals surface area contributed by atoms with E-state index >= 15 is 0 Å². The van der Waals surface area contributed by atoms with Gasteiger partial charge in [0.1, 0.15) is 0 Å².